The van der Waals surface area contributed by atoms with Crippen LogP contribution >= 0.6 is 0 Å². The molecule has 0 aliphatic carbocycles. The molecule has 0 aliphatic heterocycles. The zero-order valence-electron chi connectivity index (χ0n) is 14.6. The highest BCUT2D eigenvalue weighted by atomic mass is 16.3. The van der Waals surface area contributed by atoms with Crippen LogP contribution in [0.1, 0.15) is 11.3 Å². The van der Waals surface area contributed by atoms with Gasteiger partial charge in [-0.05, 0) is 51.4 Å². The number of phenols is 1. The second-order valence-corrected chi connectivity index (χ2v) is 6.65. The van der Waals surface area contributed by atoms with Gasteiger partial charge in [0.15, 0.2) is 0 Å². The minimum Gasteiger partial charge on any atom is -0.506 e. The van der Waals surface area contributed by atoms with E-state index in [0.717, 1.165) is 11.1 Å². The first kappa shape index (κ1) is 15.6. The van der Waals surface area contributed by atoms with Crippen molar-refractivity contribution in [3.63, 3.8) is 0 Å². The molecule has 0 amide bonds. The Morgan fingerprint density at radius 2 is 1.30 bits per heavy atom. The molecule has 0 saturated heterocycles. The van der Waals surface area contributed by atoms with Gasteiger partial charge < -0.3 is 5.11 Å². The number of phenolic OH excluding ortho intramolecular Hbond substituents is 1. The fourth-order valence-corrected chi connectivity index (χ4v) is 3.64. The predicted molar refractivity (Wildman–Crippen MR) is 114 cm³/mol. The first-order chi connectivity index (χ1) is 13.3. The number of hydrogen-bond acceptors (Lipinski definition) is 2. The van der Waals surface area contributed by atoms with Gasteiger partial charge in [0, 0.05) is 5.39 Å². The van der Waals surface area contributed by atoms with Gasteiger partial charge in [-0.25, -0.2) is 4.98 Å². The minimum absolute atomic E-state index is 0.207. The van der Waals surface area contributed by atoms with Crippen molar-refractivity contribution in [3.05, 3.63) is 96.2 Å². The number of benzene rings is 4. The van der Waals surface area contributed by atoms with Crippen LogP contribution in [-0.4, -0.2) is 10.1 Å². The highest BCUT2D eigenvalue weighted by Gasteiger charge is 2.05. The van der Waals surface area contributed by atoms with Gasteiger partial charge in [0.05, 0.1) is 5.69 Å². The Morgan fingerprint density at radius 3 is 2.04 bits per heavy atom. The van der Waals surface area contributed by atoms with Crippen LogP contribution in [0.4, 0.5) is 0 Å². The third kappa shape index (κ3) is 2.72. The van der Waals surface area contributed by atoms with Crippen molar-refractivity contribution in [2.24, 2.45) is 0 Å². The fourth-order valence-electron chi connectivity index (χ4n) is 3.64. The molecule has 0 unspecified atom stereocenters. The molecule has 0 aliphatic rings. The van der Waals surface area contributed by atoms with Crippen LogP contribution in [0.3, 0.4) is 0 Å². The molecule has 1 aromatic heterocycles. The number of para-hydroxylation sites is 1. The molecule has 0 fully saturated rings. The van der Waals surface area contributed by atoms with E-state index in [2.05, 4.69) is 65.7 Å². The highest BCUT2D eigenvalue weighted by Crippen LogP contribution is 2.30. The summed E-state index contributed by atoms with van der Waals surface area (Å²) < 4.78 is 0. The van der Waals surface area contributed by atoms with E-state index in [1.807, 2.05) is 30.3 Å². The second kappa shape index (κ2) is 6.26. The topological polar surface area (TPSA) is 33.1 Å². The summed E-state index contributed by atoms with van der Waals surface area (Å²) >= 11 is 0. The third-order valence-electron chi connectivity index (χ3n) is 4.95. The summed E-state index contributed by atoms with van der Waals surface area (Å²) in [5.41, 5.74) is 2.63. The van der Waals surface area contributed by atoms with E-state index < -0.39 is 0 Å². The maximum absolute atomic E-state index is 10.1. The summed E-state index contributed by atoms with van der Waals surface area (Å²) in [6, 6.07) is 28.5. The Morgan fingerprint density at radius 1 is 0.630 bits per heavy atom. The summed E-state index contributed by atoms with van der Waals surface area (Å²) in [4.78, 5) is 4.61. The van der Waals surface area contributed by atoms with Crippen molar-refractivity contribution < 1.29 is 5.11 Å². The summed E-state index contributed by atoms with van der Waals surface area (Å²) in [6.07, 6.45) is 4.14. The van der Waals surface area contributed by atoms with Gasteiger partial charge in [-0.2, -0.15) is 0 Å². The summed E-state index contributed by atoms with van der Waals surface area (Å²) in [7, 11) is 0. The lowest BCUT2D eigenvalue weighted by molar-refractivity contribution is 0.480. The van der Waals surface area contributed by atoms with Crippen LogP contribution in [0.25, 0.3) is 44.6 Å². The van der Waals surface area contributed by atoms with Crippen LogP contribution in [0, 0.1) is 0 Å². The lowest BCUT2D eigenvalue weighted by atomic mass is 9.96. The lowest BCUT2D eigenvalue weighted by Crippen LogP contribution is -1.85. The Balaban J connectivity index is 1.70. The Labute approximate surface area is 157 Å². The largest absolute Gasteiger partial charge is 0.506 e. The second-order valence-electron chi connectivity index (χ2n) is 6.65. The number of pyridine rings is 1. The minimum atomic E-state index is 0.207. The van der Waals surface area contributed by atoms with Crippen LogP contribution in [0.2, 0.25) is 0 Å². The lowest BCUT2D eigenvalue weighted by Gasteiger charge is -2.08. The van der Waals surface area contributed by atoms with Crippen molar-refractivity contribution in [1.29, 1.82) is 0 Å². The summed E-state index contributed by atoms with van der Waals surface area (Å²) in [6.45, 7) is 0. The van der Waals surface area contributed by atoms with Gasteiger partial charge in [-0.3, -0.25) is 0 Å². The normalized spacial score (nSPS) is 11.7. The van der Waals surface area contributed by atoms with Crippen LogP contribution in [-0.2, 0) is 0 Å². The summed E-state index contributed by atoms with van der Waals surface area (Å²) in [5.74, 6) is 0.207. The van der Waals surface area contributed by atoms with Gasteiger partial charge in [0.2, 0.25) is 0 Å². The molecule has 128 valence electrons. The molecule has 5 aromatic rings. The standard InChI is InChI=1S/C25H17NO/c27-24-11-5-8-17-12-13-20(26-25(17)24)14-15-23-21-9-3-1-6-18(21)16-19-7-2-4-10-22(19)23/h1-16,27H. The molecule has 4 aromatic carbocycles. The Hall–Kier alpha value is -3.65. The quantitative estimate of drug-likeness (QED) is 0.374. The zero-order valence-corrected chi connectivity index (χ0v) is 14.6. The summed E-state index contributed by atoms with van der Waals surface area (Å²) in [5, 5.41) is 15.9. The van der Waals surface area contributed by atoms with E-state index >= 15 is 0 Å². The molecular formula is C25H17NO. The highest BCUT2D eigenvalue weighted by molar-refractivity contribution is 6.07. The Kier molecular flexibility index (Phi) is 3.61. The van der Waals surface area contributed by atoms with E-state index in [9.17, 15) is 5.11 Å². The number of fused-ring (bicyclic) bond motifs is 3. The maximum Gasteiger partial charge on any atom is 0.141 e. The van der Waals surface area contributed by atoms with E-state index in [-0.39, 0.29) is 5.75 Å². The van der Waals surface area contributed by atoms with Crippen molar-refractivity contribution in [2.45, 2.75) is 0 Å². The molecule has 1 heterocycles. The molecule has 5 rings (SSSR count). The van der Waals surface area contributed by atoms with Crippen LogP contribution in [0.15, 0.2) is 84.9 Å². The van der Waals surface area contributed by atoms with Crippen molar-refractivity contribution in [3.8, 4) is 5.75 Å². The van der Waals surface area contributed by atoms with Gasteiger partial charge in [0.25, 0.3) is 0 Å². The fraction of sp³-hybridized carbons (Fsp3) is 0. The molecule has 0 bridgehead atoms. The van der Waals surface area contributed by atoms with Gasteiger partial charge in [-0.1, -0.05) is 72.8 Å². The smallest absolute Gasteiger partial charge is 0.141 e. The van der Waals surface area contributed by atoms with Gasteiger partial charge in [0.1, 0.15) is 11.3 Å². The number of rotatable bonds is 2. The molecule has 0 spiro atoms. The van der Waals surface area contributed by atoms with E-state index in [1.165, 1.54) is 27.1 Å². The molecule has 2 nitrogen and oxygen atoms in total. The van der Waals surface area contributed by atoms with E-state index in [0.29, 0.717) is 5.52 Å². The monoisotopic (exact) mass is 347 g/mol. The molecule has 2 heteroatoms. The average molecular weight is 347 g/mol. The molecule has 0 radical (unpaired) electrons. The molecule has 27 heavy (non-hydrogen) atoms. The third-order valence-corrected chi connectivity index (χ3v) is 4.95. The zero-order chi connectivity index (χ0) is 18.2. The molecule has 1 N–H and O–H groups in total. The predicted octanol–water partition coefficient (Wildman–Crippen LogP) is 6.42. The Bertz CT molecular complexity index is 1280. The number of hydrogen-bond donors (Lipinski definition) is 1. The SMILES string of the molecule is Oc1cccc2ccc(C=Cc3c4ccccc4cc4ccccc34)nc12. The maximum atomic E-state index is 10.1. The van der Waals surface area contributed by atoms with E-state index in [1.54, 1.807) is 6.07 Å². The van der Waals surface area contributed by atoms with Crippen LogP contribution < -0.4 is 0 Å². The van der Waals surface area contributed by atoms with Gasteiger partial charge >= 0.3 is 0 Å². The van der Waals surface area contributed by atoms with Crippen molar-refractivity contribution >= 4 is 44.6 Å². The van der Waals surface area contributed by atoms with Crippen molar-refractivity contribution in [2.75, 3.05) is 0 Å². The van der Waals surface area contributed by atoms with Crippen LogP contribution in [0.5, 0.6) is 5.75 Å². The number of aromatic hydroxyl groups is 1. The first-order valence-corrected chi connectivity index (χ1v) is 8.97. The average Bonchev–Trinajstić information content (AvgIpc) is 2.71. The number of aromatic nitrogens is 1. The molecule has 0 saturated carbocycles. The molecule has 0 atom stereocenters. The molecular weight excluding hydrogens is 330 g/mol. The van der Waals surface area contributed by atoms with E-state index in [4.69, 9.17) is 0 Å². The first-order valence-electron chi connectivity index (χ1n) is 8.97. The van der Waals surface area contributed by atoms with Crippen molar-refractivity contribution in [1.82, 2.24) is 4.98 Å². The van der Waals surface area contributed by atoms with Gasteiger partial charge in [-0.15, -0.1) is 0 Å². The number of nitrogens with zero attached hydrogens (tertiary/aromatic N) is 1.